The fourth-order valence-corrected chi connectivity index (χ4v) is 1.89. The molecule has 0 aromatic rings. The summed E-state index contributed by atoms with van der Waals surface area (Å²) in [5, 5.41) is 0. The molecule has 2 N–H and O–H groups in total. The maximum absolute atomic E-state index is 12.0. The number of amides is 2. The molecule has 0 saturated carbocycles. The van der Waals surface area contributed by atoms with Crippen molar-refractivity contribution in [2.24, 2.45) is 5.73 Å². The minimum Gasteiger partial charge on any atom is -0.368 e. The molecule has 1 unspecified atom stereocenters. The Morgan fingerprint density at radius 2 is 2.00 bits per heavy atom. The Morgan fingerprint density at radius 3 is 2.53 bits per heavy atom. The number of hydrogen-bond donors (Lipinski definition) is 1. The number of likely N-dealkylation sites (tertiary alicyclic amines) is 1. The van der Waals surface area contributed by atoms with Crippen molar-refractivity contribution in [3.8, 4) is 0 Å². The highest BCUT2D eigenvalue weighted by atomic mass is 16.5. The summed E-state index contributed by atoms with van der Waals surface area (Å²) in [6.45, 7) is 6.28. The fraction of sp³-hybridized carbons (Fsp3) is 0.833. The van der Waals surface area contributed by atoms with E-state index in [1.165, 1.54) is 0 Å². The van der Waals surface area contributed by atoms with Crippen molar-refractivity contribution in [2.75, 3.05) is 13.2 Å². The van der Waals surface area contributed by atoms with E-state index in [1.807, 2.05) is 20.8 Å². The second kappa shape index (κ2) is 5.49. The van der Waals surface area contributed by atoms with Crippen LogP contribution in [-0.4, -0.2) is 41.5 Å². The van der Waals surface area contributed by atoms with Gasteiger partial charge in [-0.1, -0.05) is 0 Å². The van der Waals surface area contributed by atoms with Crippen molar-refractivity contribution in [3.05, 3.63) is 0 Å². The van der Waals surface area contributed by atoms with Gasteiger partial charge in [0, 0.05) is 6.54 Å². The molecule has 5 heteroatoms. The Kier molecular flexibility index (Phi) is 4.51. The van der Waals surface area contributed by atoms with Gasteiger partial charge >= 0.3 is 0 Å². The molecule has 17 heavy (non-hydrogen) atoms. The highest BCUT2D eigenvalue weighted by Gasteiger charge is 2.31. The summed E-state index contributed by atoms with van der Waals surface area (Å²) < 4.78 is 5.43. The molecule has 1 fully saturated rings. The van der Waals surface area contributed by atoms with Gasteiger partial charge in [0.15, 0.2) is 0 Å². The highest BCUT2D eigenvalue weighted by molar-refractivity contribution is 5.87. The number of nitrogens with zero attached hydrogens (tertiary/aromatic N) is 1. The molecule has 1 atom stereocenters. The molecular formula is C12H22N2O3. The van der Waals surface area contributed by atoms with Crippen LogP contribution >= 0.6 is 0 Å². The lowest BCUT2D eigenvalue weighted by Gasteiger charge is -2.34. The quantitative estimate of drug-likeness (QED) is 0.790. The van der Waals surface area contributed by atoms with Gasteiger partial charge in [-0.15, -0.1) is 0 Å². The van der Waals surface area contributed by atoms with Crippen molar-refractivity contribution in [2.45, 2.75) is 51.7 Å². The number of hydrogen-bond acceptors (Lipinski definition) is 3. The molecule has 0 spiro atoms. The summed E-state index contributed by atoms with van der Waals surface area (Å²) in [6, 6.07) is -0.459. The Hall–Kier alpha value is -1.10. The highest BCUT2D eigenvalue weighted by Crippen LogP contribution is 2.17. The minimum atomic E-state index is -0.459. The van der Waals surface area contributed by atoms with Gasteiger partial charge in [-0.2, -0.15) is 0 Å². The van der Waals surface area contributed by atoms with Crippen LogP contribution in [0.1, 0.15) is 40.0 Å². The molecule has 0 aromatic heterocycles. The fourth-order valence-electron chi connectivity index (χ4n) is 1.89. The van der Waals surface area contributed by atoms with Gasteiger partial charge in [0.05, 0.1) is 5.60 Å². The van der Waals surface area contributed by atoms with Gasteiger partial charge < -0.3 is 15.4 Å². The van der Waals surface area contributed by atoms with Gasteiger partial charge in [-0.3, -0.25) is 9.59 Å². The van der Waals surface area contributed by atoms with Crippen LogP contribution < -0.4 is 5.73 Å². The predicted molar refractivity (Wildman–Crippen MR) is 64.3 cm³/mol. The first-order valence-corrected chi connectivity index (χ1v) is 6.04. The summed E-state index contributed by atoms with van der Waals surface area (Å²) in [7, 11) is 0. The van der Waals surface area contributed by atoms with Crippen LogP contribution in [0.3, 0.4) is 0 Å². The second-order valence-electron chi connectivity index (χ2n) is 5.40. The lowest BCUT2D eigenvalue weighted by Crippen LogP contribution is -2.51. The average molecular weight is 242 g/mol. The number of ether oxygens (including phenoxy) is 1. The molecule has 0 bridgehead atoms. The molecule has 0 aliphatic carbocycles. The van der Waals surface area contributed by atoms with E-state index < -0.39 is 11.9 Å². The number of carbonyl (C=O) groups is 2. The monoisotopic (exact) mass is 242 g/mol. The molecule has 1 aliphatic heterocycles. The number of rotatable bonds is 3. The number of piperidine rings is 1. The van der Waals surface area contributed by atoms with Crippen LogP contribution in [0.15, 0.2) is 0 Å². The normalized spacial score (nSPS) is 21.4. The van der Waals surface area contributed by atoms with Gasteiger partial charge in [-0.05, 0) is 40.0 Å². The summed E-state index contributed by atoms with van der Waals surface area (Å²) in [4.78, 5) is 24.8. The predicted octanol–water partition coefficient (Wildman–Crippen LogP) is 0.668. The molecule has 1 heterocycles. The maximum Gasteiger partial charge on any atom is 0.249 e. The second-order valence-corrected chi connectivity index (χ2v) is 5.40. The van der Waals surface area contributed by atoms with Crippen molar-refractivity contribution in [1.82, 2.24) is 4.90 Å². The van der Waals surface area contributed by atoms with Crippen molar-refractivity contribution in [1.29, 1.82) is 0 Å². The summed E-state index contributed by atoms with van der Waals surface area (Å²) >= 11 is 0. The molecule has 1 rings (SSSR count). The first-order valence-electron chi connectivity index (χ1n) is 6.04. The maximum atomic E-state index is 12.0. The minimum absolute atomic E-state index is 0.00722. The largest absolute Gasteiger partial charge is 0.368 e. The molecule has 1 saturated heterocycles. The summed E-state index contributed by atoms with van der Waals surface area (Å²) in [5.41, 5.74) is 4.95. The molecular weight excluding hydrogens is 220 g/mol. The Balaban J connectivity index is 2.56. The van der Waals surface area contributed by atoms with Crippen molar-refractivity contribution in [3.63, 3.8) is 0 Å². The zero-order chi connectivity index (χ0) is 13.1. The lowest BCUT2D eigenvalue weighted by molar-refractivity contribution is -0.148. The van der Waals surface area contributed by atoms with E-state index in [9.17, 15) is 9.59 Å². The first kappa shape index (κ1) is 14.0. The topological polar surface area (TPSA) is 72.6 Å². The van der Waals surface area contributed by atoms with E-state index in [0.29, 0.717) is 13.0 Å². The lowest BCUT2D eigenvalue weighted by atomic mass is 10.0. The van der Waals surface area contributed by atoms with E-state index in [1.54, 1.807) is 4.90 Å². The van der Waals surface area contributed by atoms with Gasteiger partial charge in [0.2, 0.25) is 11.8 Å². The third kappa shape index (κ3) is 4.34. The average Bonchev–Trinajstić information content (AvgIpc) is 2.25. The molecule has 1 aliphatic rings. The van der Waals surface area contributed by atoms with Gasteiger partial charge in [0.25, 0.3) is 0 Å². The third-order valence-corrected chi connectivity index (χ3v) is 2.78. The zero-order valence-corrected chi connectivity index (χ0v) is 10.9. The van der Waals surface area contributed by atoms with Crippen molar-refractivity contribution < 1.29 is 14.3 Å². The molecule has 0 radical (unpaired) electrons. The van der Waals surface area contributed by atoms with E-state index in [2.05, 4.69) is 0 Å². The van der Waals surface area contributed by atoms with Crippen LogP contribution in [0.2, 0.25) is 0 Å². The first-order chi connectivity index (χ1) is 7.81. The molecule has 2 amide bonds. The standard InChI is InChI=1S/C12H22N2O3/c1-12(2,3)17-8-10(15)14-7-5-4-6-9(14)11(13)16/h9H,4-8H2,1-3H3,(H2,13,16). The number of nitrogens with two attached hydrogens (primary N) is 1. The Labute approximate surface area is 102 Å². The third-order valence-electron chi connectivity index (χ3n) is 2.78. The van der Waals surface area contributed by atoms with Crippen LogP contribution in [-0.2, 0) is 14.3 Å². The van der Waals surface area contributed by atoms with E-state index >= 15 is 0 Å². The van der Waals surface area contributed by atoms with Crippen LogP contribution in [0.25, 0.3) is 0 Å². The smallest absolute Gasteiger partial charge is 0.249 e. The van der Waals surface area contributed by atoms with E-state index in [-0.39, 0.29) is 18.1 Å². The molecule has 5 nitrogen and oxygen atoms in total. The van der Waals surface area contributed by atoms with Gasteiger partial charge in [0.1, 0.15) is 12.6 Å². The molecule has 98 valence electrons. The van der Waals surface area contributed by atoms with Crippen molar-refractivity contribution >= 4 is 11.8 Å². The zero-order valence-electron chi connectivity index (χ0n) is 10.9. The van der Waals surface area contributed by atoms with Gasteiger partial charge in [-0.25, -0.2) is 0 Å². The van der Waals surface area contributed by atoms with Crippen LogP contribution in [0.5, 0.6) is 0 Å². The summed E-state index contributed by atoms with van der Waals surface area (Å²) in [6.07, 6.45) is 2.53. The van der Waals surface area contributed by atoms with E-state index in [4.69, 9.17) is 10.5 Å². The summed E-state index contributed by atoms with van der Waals surface area (Å²) in [5.74, 6) is -0.572. The van der Waals surface area contributed by atoms with Crippen LogP contribution in [0, 0.1) is 0 Å². The Morgan fingerprint density at radius 1 is 1.35 bits per heavy atom. The Bertz CT molecular complexity index is 297. The molecule has 0 aromatic carbocycles. The number of primary amides is 1. The number of carbonyl (C=O) groups excluding carboxylic acids is 2. The SMILES string of the molecule is CC(C)(C)OCC(=O)N1CCCCC1C(N)=O. The van der Waals surface area contributed by atoms with E-state index in [0.717, 1.165) is 12.8 Å². The van der Waals surface area contributed by atoms with Crippen LogP contribution in [0.4, 0.5) is 0 Å².